The normalized spacial score (nSPS) is 9.18. The largest absolute Gasteiger partial charge is 0.503 e. The first-order valence-corrected chi connectivity index (χ1v) is 3.68. The Morgan fingerprint density at radius 1 is 1.73 bits per heavy atom. The van der Waals surface area contributed by atoms with Crippen molar-refractivity contribution in [2.75, 3.05) is 0 Å². The van der Waals surface area contributed by atoms with Crippen LogP contribution in [0.15, 0.2) is 10.7 Å². The van der Waals surface area contributed by atoms with Crippen molar-refractivity contribution in [1.82, 2.24) is 4.98 Å². The Bertz CT molecular complexity index is 307. The van der Waals surface area contributed by atoms with Gasteiger partial charge in [-0.15, -0.1) is 4.98 Å². The second-order valence-corrected chi connectivity index (χ2v) is 2.80. The number of halogens is 1. The zero-order valence-corrected chi connectivity index (χ0v) is 7.38. The second-order valence-electron chi connectivity index (χ2n) is 2.05. The van der Waals surface area contributed by atoms with Crippen LogP contribution in [0.4, 0.5) is 5.82 Å². The Hall–Kier alpha value is -1.08. The van der Waals surface area contributed by atoms with E-state index in [1.54, 1.807) is 6.92 Å². The number of rotatable bonds is 0. The molecule has 1 aromatic rings. The van der Waals surface area contributed by atoms with Crippen LogP contribution in [0.1, 0.15) is 5.56 Å². The number of aromatic nitrogens is 1. The first-order chi connectivity index (χ1) is 5.15. The third-order valence-corrected chi connectivity index (χ3v) is 1.79. The highest BCUT2D eigenvalue weighted by atomic mass is 79.9. The summed E-state index contributed by atoms with van der Waals surface area (Å²) in [5.74, 6) is 0.379. The van der Waals surface area contributed by atoms with Crippen molar-refractivity contribution >= 4 is 21.7 Å². The average molecular weight is 213 g/mol. The van der Waals surface area contributed by atoms with Crippen LogP contribution in [0.2, 0.25) is 0 Å². The van der Waals surface area contributed by atoms with Crippen molar-refractivity contribution in [3.05, 3.63) is 27.7 Å². The lowest BCUT2D eigenvalue weighted by molar-refractivity contribution is 0.464. The minimum absolute atomic E-state index is 0.0948. The average Bonchev–Trinajstić information content (AvgIpc) is 1.99. The Balaban J connectivity index is 3.35. The van der Waals surface area contributed by atoms with Gasteiger partial charge in [-0.2, -0.15) is 0 Å². The first-order valence-electron chi connectivity index (χ1n) is 2.88. The lowest BCUT2D eigenvalue weighted by atomic mass is 10.3. The molecule has 1 heterocycles. The lowest BCUT2D eigenvalue weighted by Gasteiger charge is -1.97. The van der Waals surface area contributed by atoms with Gasteiger partial charge in [-0.05, 0) is 18.6 Å². The fourth-order valence-electron chi connectivity index (χ4n) is 0.668. The monoisotopic (exact) mass is 212 g/mol. The summed E-state index contributed by atoms with van der Waals surface area (Å²) in [6.45, 7) is 8.39. The van der Waals surface area contributed by atoms with Gasteiger partial charge in [0.15, 0.2) is 5.75 Å². The molecule has 0 fully saturated rings. The molecule has 0 aliphatic rings. The summed E-state index contributed by atoms with van der Waals surface area (Å²) in [7, 11) is 0. The summed E-state index contributed by atoms with van der Waals surface area (Å²) in [5.41, 5.74) is 0.651. The second kappa shape index (κ2) is 2.89. The van der Waals surface area contributed by atoms with Crippen LogP contribution in [0.5, 0.6) is 5.75 Å². The number of pyridine rings is 1. The van der Waals surface area contributed by atoms with E-state index in [-0.39, 0.29) is 11.6 Å². The Kier molecular flexibility index (Phi) is 2.11. The maximum atomic E-state index is 9.21. The molecule has 0 aliphatic carbocycles. The molecule has 0 amide bonds. The highest BCUT2D eigenvalue weighted by molar-refractivity contribution is 9.10. The van der Waals surface area contributed by atoms with E-state index < -0.39 is 0 Å². The maximum absolute atomic E-state index is 9.21. The van der Waals surface area contributed by atoms with E-state index in [9.17, 15) is 5.11 Å². The van der Waals surface area contributed by atoms with Gasteiger partial charge in [0.05, 0.1) is 0 Å². The molecule has 0 aliphatic heterocycles. The summed E-state index contributed by atoms with van der Waals surface area (Å²) in [5, 5.41) is 9.21. The van der Waals surface area contributed by atoms with Crippen LogP contribution in [0, 0.1) is 13.5 Å². The number of aromatic hydroxyl groups is 1. The van der Waals surface area contributed by atoms with Gasteiger partial charge in [0.2, 0.25) is 4.60 Å². The van der Waals surface area contributed by atoms with E-state index >= 15 is 0 Å². The summed E-state index contributed by atoms with van der Waals surface area (Å²) in [4.78, 5) is 6.90. The standard InChI is InChI=1S/C7H5BrN2O/c1-4-3-5(9-2)10-7(8)6(4)11/h3,11H,1H3. The minimum Gasteiger partial charge on any atom is -0.503 e. The molecule has 0 bridgehead atoms. The third kappa shape index (κ3) is 1.49. The zero-order chi connectivity index (χ0) is 8.43. The van der Waals surface area contributed by atoms with Gasteiger partial charge in [0, 0.05) is 15.9 Å². The quantitative estimate of drug-likeness (QED) is 0.530. The number of hydrogen-bond acceptors (Lipinski definition) is 2. The molecule has 4 heteroatoms. The van der Waals surface area contributed by atoms with Gasteiger partial charge in [-0.3, -0.25) is 0 Å². The van der Waals surface area contributed by atoms with Crippen LogP contribution in [0.3, 0.4) is 0 Å². The molecule has 1 rings (SSSR count). The molecule has 0 spiro atoms. The Morgan fingerprint density at radius 3 is 2.82 bits per heavy atom. The Labute approximate surface area is 72.6 Å². The van der Waals surface area contributed by atoms with E-state index in [1.165, 1.54) is 6.07 Å². The Morgan fingerprint density at radius 2 is 2.36 bits per heavy atom. The maximum Gasteiger partial charge on any atom is 0.271 e. The molecule has 0 atom stereocenters. The molecular weight excluding hydrogens is 208 g/mol. The van der Waals surface area contributed by atoms with E-state index in [4.69, 9.17) is 6.57 Å². The van der Waals surface area contributed by atoms with Crippen molar-refractivity contribution in [3.8, 4) is 5.75 Å². The van der Waals surface area contributed by atoms with E-state index in [0.29, 0.717) is 10.2 Å². The smallest absolute Gasteiger partial charge is 0.271 e. The van der Waals surface area contributed by atoms with Gasteiger partial charge in [-0.1, -0.05) is 6.57 Å². The molecule has 1 aromatic heterocycles. The lowest BCUT2D eigenvalue weighted by Crippen LogP contribution is -1.80. The zero-order valence-electron chi connectivity index (χ0n) is 5.80. The van der Waals surface area contributed by atoms with Crippen LogP contribution < -0.4 is 0 Å². The summed E-state index contributed by atoms with van der Waals surface area (Å²) >= 11 is 3.03. The van der Waals surface area contributed by atoms with Gasteiger partial charge in [-0.25, -0.2) is 0 Å². The van der Waals surface area contributed by atoms with Crippen LogP contribution in [-0.2, 0) is 0 Å². The van der Waals surface area contributed by atoms with Crippen molar-refractivity contribution in [2.24, 2.45) is 0 Å². The van der Waals surface area contributed by atoms with Gasteiger partial charge in [0.25, 0.3) is 5.82 Å². The molecule has 0 saturated carbocycles. The van der Waals surface area contributed by atoms with E-state index in [0.717, 1.165) is 0 Å². The molecular formula is C7H5BrN2O. The molecule has 3 nitrogen and oxygen atoms in total. The molecule has 0 aromatic carbocycles. The van der Waals surface area contributed by atoms with Gasteiger partial charge < -0.3 is 9.95 Å². The topological polar surface area (TPSA) is 37.5 Å². The summed E-state index contributed by atoms with van der Waals surface area (Å²) in [6, 6.07) is 1.53. The minimum atomic E-state index is 0.0948. The predicted molar refractivity (Wildman–Crippen MR) is 44.6 cm³/mol. The third-order valence-electron chi connectivity index (χ3n) is 1.24. The van der Waals surface area contributed by atoms with Crippen molar-refractivity contribution < 1.29 is 5.11 Å². The first kappa shape index (κ1) is 8.02. The van der Waals surface area contributed by atoms with E-state index in [1.807, 2.05) is 0 Å². The van der Waals surface area contributed by atoms with Crippen LogP contribution in [-0.4, -0.2) is 10.1 Å². The summed E-state index contributed by atoms with van der Waals surface area (Å²) < 4.78 is 0.323. The molecule has 11 heavy (non-hydrogen) atoms. The number of aryl methyl sites for hydroxylation is 1. The SMILES string of the molecule is [C-]#[N+]c1cc(C)c(O)c(Br)n1. The highest BCUT2D eigenvalue weighted by Crippen LogP contribution is 2.28. The summed E-state index contributed by atoms with van der Waals surface area (Å²) in [6.07, 6.45) is 0. The van der Waals surface area contributed by atoms with Gasteiger partial charge in [0.1, 0.15) is 0 Å². The number of hydrogen-bond donors (Lipinski definition) is 1. The molecule has 0 radical (unpaired) electrons. The van der Waals surface area contributed by atoms with Gasteiger partial charge >= 0.3 is 0 Å². The fourth-order valence-corrected chi connectivity index (χ4v) is 1.16. The van der Waals surface area contributed by atoms with Crippen molar-refractivity contribution in [2.45, 2.75) is 6.92 Å². The molecule has 0 unspecified atom stereocenters. The van der Waals surface area contributed by atoms with E-state index in [2.05, 4.69) is 25.8 Å². The van der Waals surface area contributed by atoms with Crippen LogP contribution in [0.25, 0.3) is 4.85 Å². The fraction of sp³-hybridized carbons (Fsp3) is 0.143. The number of nitrogens with zero attached hydrogens (tertiary/aromatic N) is 2. The highest BCUT2D eigenvalue weighted by Gasteiger charge is 2.07. The molecule has 0 saturated heterocycles. The van der Waals surface area contributed by atoms with Crippen molar-refractivity contribution in [1.29, 1.82) is 0 Å². The van der Waals surface area contributed by atoms with Crippen LogP contribution >= 0.6 is 15.9 Å². The molecule has 56 valence electrons. The van der Waals surface area contributed by atoms with Crippen molar-refractivity contribution in [3.63, 3.8) is 0 Å². The predicted octanol–water partition coefficient (Wildman–Crippen LogP) is 2.41. The molecule has 1 N–H and O–H groups in total.